The highest BCUT2D eigenvalue weighted by atomic mass is 19.4. The minimum absolute atomic E-state index is 0.388. The summed E-state index contributed by atoms with van der Waals surface area (Å²) in [5.74, 6) is 0.719. The van der Waals surface area contributed by atoms with Gasteiger partial charge in [0, 0.05) is 32.7 Å². The summed E-state index contributed by atoms with van der Waals surface area (Å²) in [4.78, 5) is 3.38. The van der Waals surface area contributed by atoms with Gasteiger partial charge in [-0.3, -0.25) is 4.90 Å². The lowest BCUT2D eigenvalue weighted by atomic mass is 10.3. The molecule has 112 valence electrons. The zero-order valence-corrected chi connectivity index (χ0v) is 11.3. The van der Waals surface area contributed by atoms with Crippen LogP contribution in [0.2, 0.25) is 0 Å². The fourth-order valence-corrected chi connectivity index (χ4v) is 2.19. The molecule has 0 unspecified atom stereocenters. The van der Waals surface area contributed by atoms with Crippen molar-refractivity contribution in [3.63, 3.8) is 0 Å². The molecular formula is C12H18F3N5. The molecule has 5 nitrogen and oxygen atoms in total. The smallest absolute Gasteiger partial charge is 0.353 e. The van der Waals surface area contributed by atoms with Crippen LogP contribution in [0.4, 0.5) is 19.0 Å². The summed E-state index contributed by atoms with van der Waals surface area (Å²) in [5, 5.41) is 11.2. The van der Waals surface area contributed by atoms with Crippen molar-refractivity contribution in [2.75, 3.05) is 44.7 Å². The quantitative estimate of drug-likeness (QED) is 0.891. The number of aromatic nitrogens is 2. The molecule has 2 heterocycles. The molecular weight excluding hydrogens is 271 g/mol. The van der Waals surface area contributed by atoms with Crippen molar-refractivity contribution in [2.45, 2.75) is 12.7 Å². The second-order valence-electron chi connectivity index (χ2n) is 4.79. The van der Waals surface area contributed by atoms with Gasteiger partial charge in [-0.15, -0.1) is 5.10 Å². The van der Waals surface area contributed by atoms with Crippen LogP contribution in [0.3, 0.4) is 0 Å². The molecule has 0 aromatic carbocycles. The van der Waals surface area contributed by atoms with Gasteiger partial charge in [-0.05, 0) is 19.2 Å². The van der Waals surface area contributed by atoms with Crippen LogP contribution in [0.5, 0.6) is 0 Å². The van der Waals surface area contributed by atoms with Gasteiger partial charge in [-0.1, -0.05) is 0 Å². The summed E-state index contributed by atoms with van der Waals surface area (Å²) in [7, 11) is 1.83. The molecule has 0 saturated carbocycles. The molecule has 0 radical (unpaired) electrons. The first-order valence-electron chi connectivity index (χ1n) is 6.49. The largest absolute Gasteiger partial charge is 0.401 e. The molecule has 2 rings (SSSR count). The van der Waals surface area contributed by atoms with E-state index in [9.17, 15) is 13.2 Å². The molecule has 8 heteroatoms. The molecule has 1 fully saturated rings. The molecule has 0 bridgehead atoms. The topological polar surface area (TPSA) is 44.3 Å². The molecule has 0 amide bonds. The summed E-state index contributed by atoms with van der Waals surface area (Å²) in [6.45, 7) is 1.66. The Bertz CT molecular complexity index is 412. The van der Waals surface area contributed by atoms with Gasteiger partial charge >= 0.3 is 6.18 Å². The predicted molar refractivity (Wildman–Crippen MR) is 69.5 cm³/mol. The number of hydrogen-bond acceptors (Lipinski definition) is 5. The zero-order valence-electron chi connectivity index (χ0n) is 11.3. The maximum atomic E-state index is 12.3. The molecule has 1 aliphatic rings. The number of alkyl halides is 3. The lowest BCUT2D eigenvalue weighted by Gasteiger charge is -2.35. The Morgan fingerprint density at radius 3 is 2.35 bits per heavy atom. The SMILES string of the molecule is CNCc1ccc(N2CCN(CC(F)(F)F)CC2)nn1. The number of halogens is 3. The van der Waals surface area contributed by atoms with Crippen molar-refractivity contribution in [3.8, 4) is 0 Å². The number of anilines is 1. The Kier molecular flexibility index (Phi) is 4.77. The molecule has 20 heavy (non-hydrogen) atoms. The van der Waals surface area contributed by atoms with Gasteiger partial charge < -0.3 is 10.2 Å². The predicted octanol–water partition coefficient (Wildman–Crippen LogP) is 0.880. The number of hydrogen-bond donors (Lipinski definition) is 1. The van der Waals surface area contributed by atoms with E-state index in [1.54, 1.807) is 0 Å². The van der Waals surface area contributed by atoms with Crippen LogP contribution in [-0.2, 0) is 6.54 Å². The van der Waals surface area contributed by atoms with Crippen LogP contribution in [0.25, 0.3) is 0 Å². The summed E-state index contributed by atoms with van der Waals surface area (Å²) in [6.07, 6.45) is -4.13. The molecule has 1 aliphatic heterocycles. The van der Waals surface area contributed by atoms with E-state index in [0.29, 0.717) is 32.7 Å². The minimum atomic E-state index is -4.13. The van der Waals surface area contributed by atoms with E-state index >= 15 is 0 Å². The number of nitrogens with zero attached hydrogens (tertiary/aromatic N) is 4. The second kappa shape index (κ2) is 6.36. The number of nitrogens with one attached hydrogen (secondary N) is 1. The van der Waals surface area contributed by atoms with Gasteiger partial charge in [0.2, 0.25) is 0 Å². The molecule has 0 spiro atoms. The molecule has 1 aromatic rings. The zero-order chi connectivity index (χ0) is 14.6. The van der Waals surface area contributed by atoms with Gasteiger partial charge in [-0.2, -0.15) is 18.3 Å². The molecule has 1 aromatic heterocycles. The third-order valence-electron chi connectivity index (χ3n) is 3.16. The van der Waals surface area contributed by atoms with Gasteiger partial charge in [0.05, 0.1) is 12.2 Å². The Balaban J connectivity index is 1.87. The van der Waals surface area contributed by atoms with Gasteiger partial charge in [0.1, 0.15) is 0 Å². The Morgan fingerprint density at radius 1 is 1.15 bits per heavy atom. The van der Waals surface area contributed by atoms with E-state index in [2.05, 4.69) is 15.5 Å². The highest BCUT2D eigenvalue weighted by Gasteiger charge is 2.32. The fourth-order valence-electron chi connectivity index (χ4n) is 2.19. The van der Waals surface area contributed by atoms with E-state index < -0.39 is 12.7 Å². The van der Waals surface area contributed by atoms with Crippen molar-refractivity contribution in [1.29, 1.82) is 0 Å². The Morgan fingerprint density at radius 2 is 1.85 bits per heavy atom. The van der Waals surface area contributed by atoms with Gasteiger partial charge in [0.15, 0.2) is 5.82 Å². The Labute approximate surface area is 115 Å². The third kappa shape index (κ3) is 4.31. The second-order valence-corrected chi connectivity index (χ2v) is 4.79. The van der Waals surface area contributed by atoms with Crippen molar-refractivity contribution in [2.24, 2.45) is 0 Å². The van der Waals surface area contributed by atoms with Crippen LogP contribution >= 0.6 is 0 Å². The van der Waals surface area contributed by atoms with Crippen molar-refractivity contribution >= 4 is 5.82 Å². The van der Waals surface area contributed by atoms with Crippen molar-refractivity contribution in [1.82, 2.24) is 20.4 Å². The summed E-state index contributed by atoms with van der Waals surface area (Å²) in [6, 6.07) is 3.74. The molecule has 1 N–H and O–H groups in total. The van der Waals surface area contributed by atoms with Crippen LogP contribution in [0.1, 0.15) is 5.69 Å². The summed E-state index contributed by atoms with van der Waals surface area (Å²) < 4.78 is 36.9. The number of piperazine rings is 1. The van der Waals surface area contributed by atoms with Crippen LogP contribution in [-0.4, -0.2) is 61.0 Å². The fraction of sp³-hybridized carbons (Fsp3) is 0.667. The lowest BCUT2D eigenvalue weighted by Crippen LogP contribution is -2.49. The minimum Gasteiger partial charge on any atom is -0.353 e. The lowest BCUT2D eigenvalue weighted by molar-refractivity contribution is -0.146. The average molecular weight is 289 g/mol. The molecule has 0 atom stereocenters. The molecule has 0 aliphatic carbocycles. The highest BCUT2D eigenvalue weighted by Crippen LogP contribution is 2.19. The first-order chi connectivity index (χ1) is 9.48. The standard InChI is InChI=1S/C12H18F3N5/c1-16-8-10-2-3-11(18-17-10)20-6-4-19(5-7-20)9-12(13,14)15/h2-3,16H,4-9H2,1H3. The van der Waals surface area contributed by atoms with Gasteiger partial charge in [0.25, 0.3) is 0 Å². The van der Waals surface area contributed by atoms with Crippen LogP contribution in [0.15, 0.2) is 12.1 Å². The van der Waals surface area contributed by atoms with Crippen molar-refractivity contribution < 1.29 is 13.2 Å². The van der Waals surface area contributed by atoms with Gasteiger partial charge in [-0.25, -0.2) is 0 Å². The molecule has 1 saturated heterocycles. The van der Waals surface area contributed by atoms with E-state index in [1.165, 1.54) is 4.90 Å². The van der Waals surface area contributed by atoms with E-state index in [1.807, 2.05) is 24.1 Å². The monoisotopic (exact) mass is 289 g/mol. The van der Waals surface area contributed by atoms with E-state index in [-0.39, 0.29) is 0 Å². The maximum absolute atomic E-state index is 12.3. The maximum Gasteiger partial charge on any atom is 0.401 e. The van der Waals surface area contributed by atoms with E-state index in [0.717, 1.165) is 11.5 Å². The van der Waals surface area contributed by atoms with Crippen molar-refractivity contribution in [3.05, 3.63) is 17.8 Å². The first kappa shape index (κ1) is 15.0. The Hall–Kier alpha value is -1.41. The van der Waals surface area contributed by atoms with Crippen LogP contribution in [0, 0.1) is 0 Å². The number of rotatable bonds is 4. The average Bonchev–Trinajstić information content (AvgIpc) is 2.39. The third-order valence-corrected chi connectivity index (χ3v) is 3.16. The van der Waals surface area contributed by atoms with Crippen LogP contribution < -0.4 is 10.2 Å². The summed E-state index contributed by atoms with van der Waals surface area (Å²) in [5.41, 5.74) is 0.840. The summed E-state index contributed by atoms with van der Waals surface area (Å²) >= 11 is 0. The highest BCUT2D eigenvalue weighted by molar-refractivity contribution is 5.37. The normalized spacial score (nSPS) is 17.5. The first-order valence-corrected chi connectivity index (χ1v) is 6.49. The van der Waals surface area contributed by atoms with E-state index in [4.69, 9.17) is 0 Å².